The van der Waals surface area contributed by atoms with Crippen LogP contribution in [0.25, 0.3) is 21.8 Å². The van der Waals surface area contributed by atoms with E-state index >= 15 is 0 Å². The zero-order valence-corrected chi connectivity index (χ0v) is 20.9. The average molecular weight is 614 g/mol. The van der Waals surface area contributed by atoms with Crippen molar-refractivity contribution in [1.29, 1.82) is 0 Å². The summed E-state index contributed by atoms with van der Waals surface area (Å²) >= 11 is 0. The Labute approximate surface area is 228 Å². The second-order valence-corrected chi connectivity index (χ2v) is 9.07. The summed E-state index contributed by atoms with van der Waals surface area (Å²) in [5.74, 6) is 0. The summed E-state index contributed by atoms with van der Waals surface area (Å²) in [7, 11) is 0. The van der Waals surface area contributed by atoms with Crippen molar-refractivity contribution in [3.8, 4) is 0 Å². The molecule has 2 aromatic carbocycles. The van der Waals surface area contributed by atoms with Gasteiger partial charge in [0.1, 0.15) is 11.4 Å². The minimum Gasteiger partial charge on any atom is -0.384 e. The summed E-state index contributed by atoms with van der Waals surface area (Å²) in [6.45, 7) is -0.116. The molecule has 0 saturated carbocycles. The summed E-state index contributed by atoms with van der Waals surface area (Å²) in [5, 5.41) is 4.86. The van der Waals surface area contributed by atoms with Crippen LogP contribution in [-0.4, -0.2) is 23.1 Å². The minimum absolute atomic E-state index is 0.0581. The van der Waals surface area contributed by atoms with Gasteiger partial charge >= 0.3 is 24.7 Å². The van der Waals surface area contributed by atoms with Crippen molar-refractivity contribution in [2.75, 3.05) is 23.7 Å². The van der Waals surface area contributed by atoms with Crippen LogP contribution in [-0.2, 0) is 24.7 Å². The smallest absolute Gasteiger partial charge is 0.384 e. The van der Waals surface area contributed by atoms with E-state index in [1.54, 1.807) is 0 Å². The Bertz CT molecular complexity index is 1470. The lowest BCUT2D eigenvalue weighted by atomic mass is 10.1. The predicted molar refractivity (Wildman–Crippen MR) is 130 cm³/mol. The highest BCUT2D eigenvalue weighted by molar-refractivity contribution is 5.94. The Hall–Kier alpha value is -3.98. The maximum Gasteiger partial charge on any atom is 0.433 e. The summed E-state index contributed by atoms with van der Waals surface area (Å²) < 4.78 is 161. The highest BCUT2D eigenvalue weighted by Gasteiger charge is 2.38. The van der Waals surface area contributed by atoms with Crippen molar-refractivity contribution in [3.05, 3.63) is 71.0 Å². The van der Waals surface area contributed by atoms with Crippen molar-refractivity contribution in [2.24, 2.45) is 0 Å². The van der Waals surface area contributed by atoms with Gasteiger partial charge < -0.3 is 10.6 Å². The Morgan fingerprint density at radius 3 is 1.17 bits per heavy atom. The van der Waals surface area contributed by atoms with E-state index in [1.165, 1.54) is 12.1 Å². The Kier molecular flexibility index (Phi) is 8.12. The fraction of sp³-hybridized carbons (Fsp3) is 0.308. The molecule has 0 bridgehead atoms. The first kappa shape index (κ1) is 31.0. The number of benzene rings is 2. The molecule has 2 N–H and O–H groups in total. The minimum atomic E-state index is -5.04. The molecule has 0 unspecified atom stereocenters. The number of alkyl halides is 12. The summed E-state index contributed by atoms with van der Waals surface area (Å²) in [5.41, 5.74) is -8.11. The summed E-state index contributed by atoms with van der Waals surface area (Å²) in [4.78, 5) is 6.37. The van der Waals surface area contributed by atoms with Gasteiger partial charge in [-0.3, -0.25) is 0 Å². The number of halogens is 12. The molecule has 0 aliphatic heterocycles. The van der Waals surface area contributed by atoms with Gasteiger partial charge in [0, 0.05) is 35.2 Å². The number of hydrogen-bond acceptors (Lipinski definition) is 4. The molecule has 4 nitrogen and oxygen atoms in total. The number of unbranched alkanes of at least 4 members (excludes halogenated alkanes) is 1. The zero-order valence-electron chi connectivity index (χ0n) is 20.9. The molecule has 0 atom stereocenters. The lowest BCUT2D eigenvalue weighted by Crippen LogP contribution is -2.14. The van der Waals surface area contributed by atoms with E-state index in [4.69, 9.17) is 0 Å². The van der Waals surface area contributed by atoms with Crippen molar-refractivity contribution >= 4 is 33.2 Å². The third kappa shape index (κ3) is 6.73. The van der Waals surface area contributed by atoms with E-state index in [9.17, 15) is 52.7 Å². The van der Waals surface area contributed by atoms with Gasteiger partial charge in [0.25, 0.3) is 0 Å². The summed E-state index contributed by atoms with van der Waals surface area (Å²) in [6, 6.07) is 6.74. The first-order valence-corrected chi connectivity index (χ1v) is 12.0. The molecule has 0 radical (unpaired) electrons. The average Bonchev–Trinajstić information content (AvgIpc) is 2.87. The number of nitrogens with zero attached hydrogens (tertiary/aromatic N) is 2. The Morgan fingerprint density at radius 1 is 0.500 bits per heavy atom. The molecular formula is C26H18F12N4. The van der Waals surface area contributed by atoms with Gasteiger partial charge in [-0.1, -0.05) is 24.3 Å². The van der Waals surface area contributed by atoms with Crippen molar-refractivity contribution in [2.45, 2.75) is 37.5 Å². The number of hydrogen-bond donors (Lipinski definition) is 2. The molecule has 0 aliphatic rings. The largest absolute Gasteiger partial charge is 0.433 e. The predicted octanol–water partition coefficient (Wildman–Crippen LogP) is 9.16. The maximum atomic E-state index is 13.4. The fourth-order valence-electron chi connectivity index (χ4n) is 4.23. The number of rotatable bonds is 7. The van der Waals surface area contributed by atoms with Gasteiger partial charge in [-0.15, -0.1) is 0 Å². The van der Waals surface area contributed by atoms with Gasteiger partial charge in [0.15, 0.2) is 0 Å². The highest BCUT2D eigenvalue weighted by atomic mass is 19.4. The van der Waals surface area contributed by atoms with Crippen LogP contribution < -0.4 is 10.6 Å². The van der Waals surface area contributed by atoms with Gasteiger partial charge in [-0.25, -0.2) is 9.97 Å². The third-order valence-corrected chi connectivity index (χ3v) is 6.11. The SMILES string of the molecule is FC(F)(F)c1cc(NCCCCNc2cc(C(F)(F)F)nc3c(C(F)(F)F)cccc23)c2cccc(C(F)(F)F)c2n1. The standard InChI is InChI=1S/C26H18F12N4/c27-23(28,29)15-7-3-5-13-17(11-19(25(33,34)35)41-21(13)15)39-9-1-2-10-40-18-12-20(26(36,37)38)42-22-14(18)6-4-8-16(22)24(30,31)32/h3-8,11-12H,1-2,9-10H2,(H,39,41)(H,40,42). The first-order chi connectivity index (χ1) is 19.4. The summed E-state index contributed by atoms with van der Waals surface area (Å²) in [6.07, 6.45) is -19.7. The van der Waals surface area contributed by atoms with Gasteiger partial charge in [0.05, 0.1) is 22.2 Å². The molecule has 42 heavy (non-hydrogen) atoms. The maximum absolute atomic E-state index is 13.4. The Balaban J connectivity index is 1.51. The van der Waals surface area contributed by atoms with Crippen LogP contribution in [0.15, 0.2) is 48.5 Å². The quantitative estimate of drug-likeness (QED) is 0.161. The normalized spacial score (nSPS) is 13.1. The molecule has 4 aromatic rings. The molecule has 0 saturated heterocycles. The fourth-order valence-corrected chi connectivity index (χ4v) is 4.23. The van der Waals surface area contributed by atoms with Crippen molar-refractivity contribution in [3.63, 3.8) is 0 Å². The van der Waals surface area contributed by atoms with Gasteiger partial charge in [-0.2, -0.15) is 52.7 Å². The third-order valence-electron chi connectivity index (χ3n) is 6.11. The van der Waals surface area contributed by atoms with Crippen molar-refractivity contribution in [1.82, 2.24) is 9.97 Å². The molecule has 0 fully saturated rings. The lowest BCUT2D eigenvalue weighted by Gasteiger charge is -2.17. The van der Waals surface area contributed by atoms with Crippen LogP contribution in [0.3, 0.4) is 0 Å². The second kappa shape index (κ2) is 11.0. The number of para-hydroxylation sites is 2. The van der Waals surface area contributed by atoms with E-state index in [1.807, 2.05) is 0 Å². The number of anilines is 2. The number of fused-ring (bicyclic) bond motifs is 2. The second-order valence-electron chi connectivity index (χ2n) is 9.07. The first-order valence-electron chi connectivity index (χ1n) is 12.0. The zero-order chi connectivity index (χ0) is 31.1. The molecule has 2 aromatic heterocycles. The topological polar surface area (TPSA) is 49.8 Å². The van der Waals surface area contributed by atoms with E-state index < -0.39 is 58.3 Å². The Morgan fingerprint density at radius 2 is 0.857 bits per heavy atom. The monoisotopic (exact) mass is 614 g/mol. The molecule has 0 aliphatic carbocycles. The lowest BCUT2D eigenvalue weighted by molar-refractivity contribution is -0.142. The van der Waals surface area contributed by atoms with Gasteiger partial charge in [-0.05, 0) is 37.1 Å². The van der Waals surface area contributed by atoms with E-state index in [-0.39, 0.29) is 48.1 Å². The molecule has 2 heterocycles. The van der Waals surface area contributed by atoms with Crippen LogP contribution in [0, 0.1) is 0 Å². The number of nitrogens with one attached hydrogen (secondary N) is 2. The number of pyridine rings is 2. The van der Waals surface area contributed by atoms with Crippen LogP contribution in [0.5, 0.6) is 0 Å². The number of aromatic nitrogens is 2. The van der Waals surface area contributed by atoms with Crippen LogP contribution in [0.4, 0.5) is 64.1 Å². The molecule has 0 spiro atoms. The molecule has 0 amide bonds. The van der Waals surface area contributed by atoms with Gasteiger partial charge in [0.2, 0.25) is 0 Å². The molecular weight excluding hydrogens is 596 g/mol. The van der Waals surface area contributed by atoms with E-state index in [0.717, 1.165) is 12.1 Å². The molecule has 226 valence electrons. The highest BCUT2D eigenvalue weighted by Crippen LogP contribution is 2.40. The molecule has 16 heteroatoms. The van der Waals surface area contributed by atoms with E-state index in [2.05, 4.69) is 20.6 Å². The van der Waals surface area contributed by atoms with E-state index in [0.29, 0.717) is 24.3 Å². The molecule has 4 rings (SSSR count). The van der Waals surface area contributed by atoms with Crippen LogP contribution in [0.1, 0.15) is 35.4 Å². The van der Waals surface area contributed by atoms with Crippen molar-refractivity contribution < 1.29 is 52.7 Å². The van der Waals surface area contributed by atoms with Crippen LogP contribution in [0.2, 0.25) is 0 Å². The van der Waals surface area contributed by atoms with Crippen LogP contribution >= 0.6 is 0 Å².